The summed E-state index contributed by atoms with van der Waals surface area (Å²) in [6.07, 6.45) is 4.07. The van der Waals surface area contributed by atoms with E-state index in [1.165, 1.54) is 12.8 Å². The van der Waals surface area contributed by atoms with Gasteiger partial charge in [0.2, 0.25) is 0 Å². The van der Waals surface area contributed by atoms with Crippen LogP contribution in [0, 0.1) is 12.8 Å². The summed E-state index contributed by atoms with van der Waals surface area (Å²) in [5, 5.41) is 3.26. The number of aromatic nitrogens is 1. The highest BCUT2D eigenvalue weighted by Crippen LogP contribution is 2.32. The summed E-state index contributed by atoms with van der Waals surface area (Å²) in [7, 11) is 0. The van der Waals surface area contributed by atoms with E-state index in [1.54, 1.807) is 6.20 Å². The zero-order chi connectivity index (χ0) is 18.1. The van der Waals surface area contributed by atoms with Crippen LogP contribution in [0.2, 0.25) is 0 Å². The van der Waals surface area contributed by atoms with Crippen molar-refractivity contribution in [3.05, 3.63) is 53.9 Å². The highest BCUT2D eigenvalue weighted by molar-refractivity contribution is 5.94. The third kappa shape index (κ3) is 3.44. The predicted molar refractivity (Wildman–Crippen MR) is 101 cm³/mol. The second-order valence-electron chi connectivity index (χ2n) is 7.37. The van der Waals surface area contributed by atoms with Gasteiger partial charge >= 0.3 is 0 Å². The largest absolute Gasteiger partial charge is 0.456 e. The molecule has 0 saturated carbocycles. The molecule has 5 rings (SSSR count). The molecular weight excluding hydrogens is 326 g/mol. The summed E-state index contributed by atoms with van der Waals surface area (Å²) >= 11 is 0. The maximum atomic E-state index is 12.7. The highest BCUT2D eigenvalue weighted by atomic mass is 16.5. The van der Waals surface area contributed by atoms with Crippen molar-refractivity contribution in [1.29, 1.82) is 0 Å². The van der Waals surface area contributed by atoms with Gasteiger partial charge in [-0.25, -0.2) is 0 Å². The fraction of sp³-hybridized carbons (Fsp3) is 0.429. The van der Waals surface area contributed by atoms with Crippen LogP contribution >= 0.6 is 0 Å². The van der Waals surface area contributed by atoms with Crippen molar-refractivity contribution in [3.8, 4) is 11.5 Å². The molecule has 0 radical (unpaired) electrons. The summed E-state index contributed by atoms with van der Waals surface area (Å²) in [4.78, 5) is 19.4. The molecule has 4 heterocycles. The minimum absolute atomic E-state index is 0.000785. The summed E-state index contributed by atoms with van der Waals surface area (Å²) in [6, 6.07) is 11.8. The number of carbonyl (C=O) groups excluding carboxylic acids is 1. The Labute approximate surface area is 154 Å². The Hall–Kier alpha value is -2.40. The van der Waals surface area contributed by atoms with E-state index in [0.29, 0.717) is 29.0 Å². The third-order valence-corrected chi connectivity index (χ3v) is 5.71. The number of hydrogen-bond acceptors (Lipinski definition) is 4. The van der Waals surface area contributed by atoms with Gasteiger partial charge in [-0.05, 0) is 82.1 Å². The average molecular weight is 351 g/mol. The van der Waals surface area contributed by atoms with Crippen LogP contribution in [0.25, 0.3) is 0 Å². The van der Waals surface area contributed by atoms with E-state index in [4.69, 9.17) is 4.74 Å². The molecule has 1 aromatic carbocycles. The van der Waals surface area contributed by atoms with Gasteiger partial charge in [-0.3, -0.25) is 14.7 Å². The van der Waals surface area contributed by atoms with E-state index in [9.17, 15) is 4.79 Å². The van der Waals surface area contributed by atoms with Gasteiger partial charge in [0, 0.05) is 23.3 Å². The Morgan fingerprint density at radius 3 is 2.42 bits per heavy atom. The quantitative estimate of drug-likeness (QED) is 0.917. The maximum Gasteiger partial charge on any atom is 0.251 e. The molecule has 3 saturated heterocycles. The lowest BCUT2D eigenvalue weighted by Gasteiger charge is -2.49. The number of rotatable bonds is 4. The standard InChI is InChI=1S/C21H25N3O2/c1-14-3-6-19(13-22-14)26-18-7-4-17(5-8-18)21(25)23-20-15(2)24-11-9-16(20)10-12-24/h3-8,13,15-16,20H,9-12H2,1-2H3,(H,23,25). The maximum absolute atomic E-state index is 12.7. The normalized spacial score (nSPS) is 27.2. The van der Waals surface area contributed by atoms with Crippen LogP contribution in [0.3, 0.4) is 0 Å². The molecule has 1 N–H and O–H groups in total. The second kappa shape index (κ2) is 7.08. The molecule has 1 amide bonds. The summed E-state index contributed by atoms with van der Waals surface area (Å²) in [5.41, 5.74) is 1.62. The van der Waals surface area contributed by atoms with Crippen LogP contribution in [0.1, 0.15) is 35.8 Å². The Balaban J connectivity index is 1.40. The number of pyridine rings is 1. The minimum atomic E-state index is -0.000785. The van der Waals surface area contributed by atoms with Gasteiger partial charge in [0.1, 0.15) is 11.5 Å². The van der Waals surface area contributed by atoms with E-state index >= 15 is 0 Å². The number of aryl methyl sites for hydroxylation is 1. The molecule has 136 valence electrons. The average Bonchev–Trinajstić information content (AvgIpc) is 2.67. The summed E-state index contributed by atoms with van der Waals surface area (Å²) in [6.45, 7) is 6.49. The molecule has 0 aliphatic carbocycles. The number of benzene rings is 1. The van der Waals surface area contributed by atoms with Crippen LogP contribution < -0.4 is 10.1 Å². The molecule has 26 heavy (non-hydrogen) atoms. The number of piperidine rings is 3. The fourth-order valence-corrected chi connectivity index (χ4v) is 4.11. The zero-order valence-corrected chi connectivity index (χ0v) is 15.3. The monoisotopic (exact) mass is 351 g/mol. The van der Waals surface area contributed by atoms with Crippen molar-refractivity contribution in [3.63, 3.8) is 0 Å². The Bertz CT molecular complexity index is 763. The molecule has 0 spiro atoms. The molecule has 2 atom stereocenters. The Kier molecular flexibility index (Phi) is 4.64. The number of hydrogen-bond donors (Lipinski definition) is 1. The lowest BCUT2D eigenvalue weighted by molar-refractivity contribution is 0.0217. The van der Waals surface area contributed by atoms with E-state index in [1.807, 2.05) is 43.3 Å². The Morgan fingerprint density at radius 2 is 1.81 bits per heavy atom. The van der Waals surface area contributed by atoms with Gasteiger partial charge in [-0.15, -0.1) is 0 Å². The SMILES string of the molecule is Cc1ccc(Oc2ccc(C(=O)NC3C4CCN(CC4)C3C)cc2)cn1. The Morgan fingerprint density at radius 1 is 1.12 bits per heavy atom. The van der Waals surface area contributed by atoms with Gasteiger partial charge in [-0.2, -0.15) is 0 Å². The van der Waals surface area contributed by atoms with Crippen molar-refractivity contribution in [1.82, 2.24) is 15.2 Å². The number of nitrogens with zero attached hydrogens (tertiary/aromatic N) is 2. The van der Waals surface area contributed by atoms with Crippen LogP contribution in [0.4, 0.5) is 0 Å². The molecule has 2 unspecified atom stereocenters. The van der Waals surface area contributed by atoms with Gasteiger partial charge in [0.05, 0.1) is 6.20 Å². The first-order chi connectivity index (χ1) is 12.6. The molecule has 3 aliphatic rings. The molecule has 5 heteroatoms. The number of carbonyl (C=O) groups is 1. The number of nitrogens with one attached hydrogen (secondary N) is 1. The summed E-state index contributed by atoms with van der Waals surface area (Å²) in [5.74, 6) is 1.99. The van der Waals surface area contributed by atoms with Crippen molar-refractivity contribution >= 4 is 5.91 Å². The summed E-state index contributed by atoms with van der Waals surface area (Å²) < 4.78 is 5.77. The van der Waals surface area contributed by atoms with Crippen molar-refractivity contribution in [2.75, 3.05) is 13.1 Å². The van der Waals surface area contributed by atoms with Gasteiger partial charge in [-0.1, -0.05) is 0 Å². The first kappa shape index (κ1) is 17.0. The van der Waals surface area contributed by atoms with Gasteiger partial charge < -0.3 is 10.1 Å². The third-order valence-electron chi connectivity index (χ3n) is 5.71. The van der Waals surface area contributed by atoms with Crippen molar-refractivity contribution < 1.29 is 9.53 Å². The van der Waals surface area contributed by atoms with Crippen LogP contribution in [0.5, 0.6) is 11.5 Å². The lowest BCUT2D eigenvalue weighted by atomic mass is 9.79. The number of ether oxygens (including phenoxy) is 1. The molecule has 2 aromatic rings. The fourth-order valence-electron chi connectivity index (χ4n) is 4.11. The van der Waals surface area contributed by atoms with Crippen LogP contribution in [-0.4, -0.2) is 41.0 Å². The smallest absolute Gasteiger partial charge is 0.251 e. The van der Waals surface area contributed by atoms with Gasteiger partial charge in [0.25, 0.3) is 5.91 Å². The van der Waals surface area contributed by atoms with E-state index < -0.39 is 0 Å². The minimum Gasteiger partial charge on any atom is -0.456 e. The van der Waals surface area contributed by atoms with Crippen LogP contribution in [0.15, 0.2) is 42.6 Å². The first-order valence-electron chi connectivity index (χ1n) is 9.35. The predicted octanol–water partition coefficient (Wildman–Crippen LogP) is 3.39. The molecule has 5 nitrogen and oxygen atoms in total. The molecule has 3 fully saturated rings. The second-order valence-corrected chi connectivity index (χ2v) is 7.37. The van der Waals surface area contributed by atoms with Crippen molar-refractivity contribution in [2.24, 2.45) is 5.92 Å². The first-order valence-corrected chi connectivity index (χ1v) is 9.35. The van der Waals surface area contributed by atoms with Crippen LogP contribution in [-0.2, 0) is 0 Å². The van der Waals surface area contributed by atoms with E-state index in [-0.39, 0.29) is 11.9 Å². The van der Waals surface area contributed by atoms with Crippen molar-refractivity contribution in [2.45, 2.75) is 38.8 Å². The van der Waals surface area contributed by atoms with E-state index in [2.05, 4.69) is 22.1 Å². The molecular formula is C21H25N3O2. The van der Waals surface area contributed by atoms with Gasteiger partial charge in [0.15, 0.2) is 0 Å². The molecule has 3 aliphatic heterocycles. The topological polar surface area (TPSA) is 54.5 Å². The lowest BCUT2D eigenvalue weighted by Crippen LogP contribution is -2.62. The molecule has 1 aromatic heterocycles. The van der Waals surface area contributed by atoms with E-state index in [0.717, 1.165) is 18.8 Å². The highest BCUT2D eigenvalue weighted by Gasteiger charge is 2.40. The number of amides is 1. The zero-order valence-electron chi connectivity index (χ0n) is 15.3. The number of fused-ring (bicyclic) bond motifs is 3. The molecule has 2 bridgehead atoms.